The van der Waals surface area contributed by atoms with Crippen LogP contribution in [0.2, 0.25) is 0 Å². The Morgan fingerprint density at radius 3 is 2.60 bits per heavy atom. The molecule has 1 aromatic carbocycles. The Hall–Kier alpha value is -1.39. The molecule has 0 saturated heterocycles. The highest BCUT2D eigenvalue weighted by molar-refractivity contribution is 7.11. The van der Waals surface area contributed by atoms with Crippen molar-refractivity contribution in [1.82, 2.24) is 4.98 Å². The van der Waals surface area contributed by atoms with Crippen molar-refractivity contribution >= 4 is 11.3 Å². The van der Waals surface area contributed by atoms with Crippen molar-refractivity contribution in [2.75, 3.05) is 7.11 Å². The van der Waals surface area contributed by atoms with E-state index in [1.54, 1.807) is 18.4 Å². The molecular formula is C16H22N2OS. The van der Waals surface area contributed by atoms with Gasteiger partial charge in [0, 0.05) is 23.3 Å². The second kappa shape index (κ2) is 5.94. The van der Waals surface area contributed by atoms with Gasteiger partial charge in [-0.15, -0.1) is 11.3 Å². The molecule has 2 rings (SSSR count). The van der Waals surface area contributed by atoms with Gasteiger partial charge in [0.2, 0.25) is 0 Å². The molecule has 0 aliphatic rings. The topological polar surface area (TPSA) is 48.1 Å². The van der Waals surface area contributed by atoms with Gasteiger partial charge in [0.1, 0.15) is 5.75 Å². The molecule has 0 atom stereocenters. The lowest BCUT2D eigenvalue weighted by Gasteiger charge is -2.16. The fourth-order valence-electron chi connectivity index (χ4n) is 2.16. The van der Waals surface area contributed by atoms with E-state index < -0.39 is 0 Å². The van der Waals surface area contributed by atoms with E-state index in [0.29, 0.717) is 6.54 Å². The van der Waals surface area contributed by atoms with Crippen LogP contribution in [0.15, 0.2) is 24.3 Å². The van der Waals surface area contributed by atoms with Crippen LogP contribution in [0.3, 0.4) is 0 Å². The molecule has 0 unspecified atom stereocenters. The van der Waals surface area contributed by atoms with Crippen LogP contribution in [0, 0.1) is 0 Å². The predicted octanol–water partition coefficient (Wildman–Crippen LogP) is 3.50. The molecular weight excluding hydrogens is 268 g/mol. The number of ether oxygens (including phenoxy) is 1. The summed E-state index contributed by atoms with van der Waals surface area (Å²) >= 11 is 1.72. The Kier molecular flexibility index (Phi) is 4.45. The van der Waals surface area contributed by atoms with Crippen LogP contribution >= 0.6 is 11.3 Å². The molecule has 0 aliphatic heterocycles. The number of nitrogens with two attached hydrogens (primary N) is 1. The van der Waals surface area contributed by atoms with Gasteiger partial charge in [0.05, 0.1) is 17.8 Å². The zero-order valence-corrected chi connectivity index (χ0v) is 13.4. The van der Waals surface area contributed by atoms with E-state index in [-0.39, 0.29) is 5.41 Å². The maximum atomic E-state index is 5.85. The zero-order chi connectivity index (χ0) is 14.8. The van der Waals surface area contributed by atoms with Gasteiger partial charge in [-0.3, -0.25) is 0 Å². The van der Waals surface area contributed by atoms with E-state index in [2.05, 4.69) is 32.9 Å². The number of thiazole rings is 1. The second-order valence-corrected chi connectivity index (χ2v) is 7.03. The van der Waals surface area contributed by atoms with Crippen LogP contribution < -0.4 is 10.5 Å². The Morgan fingerprint density at radius 2 is 2.05 bits per heavy atom. The van der Waals surface area contributed by atoms with Gasteiger partial charge in [-0.1, -0.05) is 32.9 Å². The molecule has 4 heteroatoms. The van der Waals surface area contributed by atoms with Crippen molar-refractivity contribution in [2.24, 2.45) is 5.73 Å². The molecule has 0 amide bonds. The first-order valence-corrected chi connectivity index (χ1v) is 7.57. The SMILES string of the molecule is COc1cccc(Cc2nc(C(C)(C)C)c(CN)s2)c1. The summed E-state index contributed by atoms with van der Waals surface area (Å²) in [5.41, 5.74) is 8.23. The first-order valence-electron chi connectivity index (χ1n) is 6.76. The van der Waals surface area contributed by atoms with Crippen molar-refractivity contribution in [1.29, 1.82) is 0 Å². The summed E-state index contributed by atoms with van der Waals surface area (Å²) in [4.78, 5) is 5.99. The lowest BCUT2D eigenvalue weighted by Crippen LogP contribution is -2.15. The Labute approximate surface area is 124 Å². The van der Waals surface area contributed by atoms with Crippen molar-refractivity contribution in [2.45, 2.75) is 39.2 Å². The summed E-state index contributed by atoms with van der Waals surface area (Å²) in [7, 11) is 1.69. The van der Waals surface area contributed by atoms with Crippen LogP contribution in [0.5, 0.6) is 5.75 Å². The van der Waals surface area contributed by atoms with E-state index in [1.807, 2.05) is 12.1 Å². The molecule has 1 aromatic heterocycles. The molecule has 0 spiro atoms. The van der Waals surface area contributed by atoms with Crippen LogP contribution in [0.25, 0.3) is 0 Å². The summed E-state index contributed by atoms with van der Waals surface area (Å²) < 4.78 is 5.26. The molecule has 0 bridgehead atoms. The van der Waals surface area contributed by atoms with Gasteiger partial charge >= 0.3 is 0 Å². The van der Waals surface area contributed by atoms with Crippen molar-refractivity contribution in [3.8, 4) is 5.75 Å². The van der Waals surface area contributed by atoms with Crippen LogP contribution in [-0.4, -0.2) is 12.1 Å². The summed E-state index contributed by atoms with van der Waals surface area (Å²) in [6.07, 6.45) is 0.824. The summed E-state index contributed by atoms with van der Waals surface area (Å²) in [5, 5.41) is 1.11. The molecule has 0 radical (unpaired) electrons. The quantitative estimate of drug-likeness (QED) is 0.937. The van der Waals surface area contributed by atoms with Crippen LogP contribution in [0.4, 0.5) is 0 Å². The van der Waals surface area contributed by atoms with Gasteiger partial charge in [0.15, 0.2) is 0 Å². The monoisotopic (exact) mass is 290 g/mol. The molecule has 0 aliphatic carbocycles. The fraction of sp³-hybridized carbons (Fsp3) is 0.438. The summed E-state index contributed by atoms with van der Waals surface area (Å²) in [5.74, 6) is 0.883. The highest BCUT2D eigenvalue weighted by Gasteiger charge is 2.22. The Bertz CT molecular complexity index is 584. The minimum Gasteiger partial charge on any atom is -0.497 e. The summed E-state index contributed by atoms with van der Waals surface area (Å²) in [6, 6.07) is 8.12. The standard InChI is InChI=1S/C16H22N2OS/c1-16(2,3)15-13(10-17)20-14(18-15)9-11-6-5-7-12(8-11)19-4/h5-8H,9-10,17H2,1-4H3. The molecule has 1 heterocycles. The molecule has 20 heavy (non-hydrogen) atoms. The largest absolute Gasteiger partial charge is 0.497 e. The van der Waals surface area contributed by atoms with Gasteiger partial charge in [0.25, 0.3) is 0 Å². The third-order valence-corrected chi connectivity index (χ3v) is 4.20. The summed E-state index contributed by atoms with van der Waals surface area (Å²) in [6.45, 7) is 7.09. The average Bonchev–Trinajstić information content (AvgIpc) is 2.82. The zero-order valence-electron chi connectivity index (χ0n) is 12.6. The van der Waals surface area contributed by atoms with E-state index >= 15 is 0 Å². The van der Waals surface area contributed by atoms with Gasteiger partial charge in [-0.25, -0.2) is 4.98 Å². The average molecular weight is 290 g/mol. The van der Waals surface area contributed by atoms with Gasteiger partial charge < -0.3 is 10.5 Å². The number of aromatic nitrogens is 1. The minimum atomic E-state index is 0.0395. The molecule has 2 N–H and O–H groups in total. The number of nitrogens with zero attached hydrogens (tertiary/aromatic N) is 1. The maximum Gasteiger partial charge on any atom is 0.119 e. The second-order valence-electron chi connectivity index (χ2n) is 5.86. The molecule has 0 saturated carbocycles. The number of hydrogen-bond acceptors (Lipinski definition) is 4. The lowest BCUT2D eigenvalue weighted by molar-refractivity contribution is 0.414. The first-order chi connectivity index (χ1) is 9.44. The molecule has 0 fully saturated rings. The maximum absolute atomic E-state index is 5.85. The molecule has 2 aromatic rings. The van der Waals surface area contributed by atoms with Crippen molar-refractivity contribution in [3.63, 3.8) is 0 Å². The highest BCUT2D eigenvalue weighted by atomic mass is 32.1. The van der Waals surface area contributed by atoms with E-state index in [9.17, 15) is 0 Å². The normalized spacial score (nSPS) is 11.7. The Morgan fingerprint density at radius 1 is 1.30 bits per heavy atom. The smallest absolute Gasteiger partial charge is 0.119 e. The third kappa shape index (κ3) is 3.38. The van der Waals surface area contributed by atoms with E-state index in [1.165, 1.54) is 10.4 Å². The third-order valence-electron chi connectivity index (χ3n) is 3.13. The van der Waals surface area contributed by atoms with Gasteiger partial charge in [-0.05, 0) is 17.7 Å². The van der Waals surface area contributed by atoms with Crippen molar-refractivity contribution < 1.29 is 4.74 Å². The lowest BCUT2D eigenvalue weighted by atomic mass is 9.91. The van der Waals surface area contributed by atoms with Crippen molar-refractivity contribution in [3.05, 3.63) is 45.4 Å². The Balaban J connectivity index is 2.27. The molecule has 3 nitrogen and oxygen atoms in total. The first kappa shape index (κ1) is 15.0. The minimum absolute atomic E-state index is 0.0395. The predicted molar refractivity (Wildman–Crippen MR) is 84.5 cm³/mol. The number of hydrogen-bond donors (Lipinski definition) is 1. The van der Waals surface area contributed by atoms with Gasteiger partial charge in [-0.2, -0.15) is 0 Å². The number of methoxy groups -OCH3 is 1. The van der Waals surface area contributed by atoms with Crippen LogP contribution in [-0.2, 0) is 18.4 Å². The van der Waals surface area contributed by atoms with E-state index in [0.717, 1.165) is 22.9 Å². The van der Waals surface area contributed by atoms with Crippen LogP contribution in [0.1, 0.15) is 41.9 Å². The number of benzene rings is 1. The molecule has 108 valence electrons. The fourth-order valence-corrected chi connectivity index (χ4v) is 3.35. The van der Waals surface area contributed by atoms with E-state index in [4.69, 9.17) is 15.5 Å². The number of rotatable bonds is 4. The highest BCUT2D eigenvalue weighted by Crippen LogP contribution is 2.30.